The van der Waals surface area contributed by atoms with Crippen molar-refractivity contribution in [1.29, 1.82) is 0 Å². The fourth-order valence-corrected chi connectivity index (χ4v) is 3.60. The lowest BCUT2D eigenvalue weighted by Crippen LogP contribution is -2.15. The predicted molar refractivity (Wildman–Crippen MR) is 110 cm³/mol. The molecule has 1 aliphatic heterocycles. The Morgan fingerprint density at radius 1 is 1.14 bits per heavy atom. The Kier molecular flexibility index (Phi) is 5.48. The van der Waals surface area contributed by atoms with Gasteiger partial charge in [0.15, 0.2) is 0 Å². The largest absolute Gasteiger partial charge is 0.322 e. The third kappa shape index (κ3) is 4.12. The summed E-state index contributed by atoms with van der Waals surface area (Å²) in [6.45, 7) is 4.02. The smallest absolute Gasteiger partial charge is 0.255 e. The maximum Gasteiger partial charge on any atom is 0.255 e. The van der Waals surface area contributed by atoms with Crippen LogP contribution in [0.1, 0.15) is 41.2 Å². The number of nitrogens with zero attached hydrogens (tertiary/aromatic N) is 3. The molecule has 0 spiro atoms. The molecule has 0 aliphatic carbocycles. The Morgan fingerprint density at radius 2 is 2.00 bits per heavy atom. The van der Waals surface area contributed by atoms with E-state index in [1.165, 1.54) is 0 Å². The highest BCUT2D eigenvalue weighted by molar-refractivity contribution is 6.05. The van der Waals surface area contributed by atoms with Gasteiger partial charge >= 0.3 is 0 Å². The molecule has 0 radical (unpaired) electrons. The SMILES string of the molecule is Cc1ccc(-c2cn(C3CCCNCC3)nn2)cc1C(=O)Nc1ccccc1. The molecular weight excluding hydrogens is 350 g/mol. The van der Waals surface area contributed by atoms with Crippen LogP contribution in [0.4, 0.5) is 5.69 Å². The van der Waals surface area contributed by atoms with Crippen molar-refractivity contribution >= 4 is 11.6 Å². The summed E-state index contributed by atoms with van der Waals surface area (Å²) in [5, 5.41) is 15.1. The first-order valence-electron chi connectivity index (χ1n) is 9.81. The van der Waals surface area contributed by atoms with Crippen molar-refractivity contribution in [1.82, 2.24) is 20.3 Å². The number of benzene rings is 2. The first-order chi connectivity index (χ1) is 13.7. The van der Waals surface area contributed by atoms with Crippen LogP contribution in [0.2, 0.25) is 0 Å². The van der Waals surface area contributed by atoms with Gasteiger partial charge in [-0.05, 0) is 63.0 Å². The topological polar surface area (TPSA) is 71.8 Å². The number of nitrogens with one attached hydrogen (secondary N) is 2. The molecule has 0 bridgehead atoms. The van der Waals surface area contributed by atoms with Gasteiger partial charge in [-0.1, -0.05) is 35.5 Å². The van der Waals surface area contributed by atoms with Gasteiger partial charge in [-0.2, -0.15) is 0 Å². The predicted octanol–water partition coefficient (Wildman–Crippen LogP) is 3.82. The fraction of sp³-hybridized carbons (Fsp3) is 0.318. The summed E-state index contributed by atoms with van der Waals surface area (Å²) < 4.78 is 1.98. The summed E-state index contributed by atoms with van der Waals surface area (Å²) in [4.78, 5) is 12.7. The molecule has 1 unspecified atom stereocenters. The van der Waals surface area contributed by atoms with Crippen molar-refractivity contribution in [2.75, 3.05) is 18.4 Å². The second-order valence-corrected chi connectivity index (χ2v) is 7.27. The van der Waals surface area contributed by atoms with E-state index >= 15 is 0 Å². The average Bonchev–Trinajstić information content (AvgIpc) is 3.04. The molecule has 28 heavy (non-hydrogen) atoms. The molecule has 2 aromatic carbocycles. The molecule has 6 heteroatoms. The van der Waals surface area contributed by atoms with E-state index in [0.29, 0.717) is 11.6 Å². The summed E-state index contributed by atoms with van der Waals surface area (Å²) in [5.74, 6) is -0.118. The lowest BCUT2D eigenvalue weighted by Gasteiger charge is -2.12. The van der Waals surface area contributed by atoms with Gasteiger partial charge in [-0.25, -0.2) is 4.68 Å². The Labute approximate surface area is 165 Å². The molecule has 1 aliphatic rings. The van der Waals surface area contributed by atoms with Crippen LogP contribution < -0.4 is 10.6 Å². The van der Waals surface area contributed by atoms with Gasteiger partial charge in [0.25, 0.3) is 5.91 Å². The molecule has 1 aromatic heterocycles. The van der Waals surface area contributed by atoms with Crippen LogP contribution in [-0.2, 0) is 0 Å². The molecule has 1 atom stereocenters. The average molecular weight is 375 g/mol. The molecule has 3 aromatic rings. The summed E-state index contributed by atoms with van der Waals surface area (Å²) in [6, 6.07) is 15.7. The van der Waals surface area contributed by atoms with Gasteiger partial charge in [0, 0.05) is 16.8 Å². The molecule has 144 valence electrons. The van der Waals surface area contributed by atoms with Gasteiger partial charge in [0.05, 0.1) is 12.2 Å². The van der Waals surface area contributed by atoms with E-state index in [9.17, 15) is 4.79 Å². The first kappa shape index (κ1) is 18.4. The molecule has 1 fully saturated rings. The van der Waals surface area contributed by atoms with Gasteiger partial charge in [-0.3, -0.25) is 4.79 Å². The number of anilines is 1. The number of hydrogen-bond donors (Lipinski definition) is 2. The minimum absolute atomic E-state index is 0.118. The minimum Gasteiger partial charge on any atom is -0.322 e. The maximum atomic E-state index is 12.7. The molecular formula is C22H25N5O. The van der Waals surface area contributed by atoms with Crippen molar-refractivity contribution in [3.8, 4) is 11.3 Å². The Hall–Kier alpha value is -2.99. The number of carbonyl (C=O) groups is 1. The Bertz CT molecular complexity index is 943. The van der Waals surface area contributed by atoms with Crippen molar-refractivity contribution in [2.45, 2.75) is 32.2 Å². The molecule has 2 N–H and O–H groups in total. The normalized spacial score (nSPS) is 17.1. The Morgan fingerprint density at radius 3 is 2.86 bits per heavy atom. The standard InChI is InChI=1S/C22H25N5O/c1-16-9-10-17(14-20(16)22(28)24-18-6-3-2-4-7-18)21-15-27(26-25-21)19-8-5-12-23-13-11-19/h2-4,6-7,9-10,14-15,19,23H,5,8,11-13H2,1H3,(H,24,28). The van der Waals surface area contributed by atoms with Crippen LogP contribution in [0, 0.1) is 6.92 Å². The molecule has 1 amide bonds. The van der Waals surface area contributed by atoms with Crippen LogP contribution in [-0.4, -0.2) is 34.0 Å². The molecule has 0 saturated carbocycles. The molecule has 2 heterocycles. The zero-order valence-corrected chi connectivity index (χ0v) is 16.1. The lowest BCUT2D eigenvalue weighted by molar-refractivity contribution is 0.102. The maximum absolute atomic E-state index is 12.7. The van der Waals surface area contributed by atoms with Crippen LogP contribution >= 0.6 is 0 Å². The summed E-state index contributed by atoms with van der Waals surface area (Å²) in [5.41, 5.74) is 4.06. The minimum atomic E-state index is -0.118. The van der Waals surface area contributed by atoms with Crippen LogP contribution in [0.25, 0.3) is 11.3 Å². The first-order valence-corrected chi connectivity index (χ1v) is 9.81. The van der Waals surface area contributed by atoms with Crippen molar-refractivity contribution in [3.05, 3.63) is 65.9 Å². The quantitative estimate of drug-likeness (QED) is 0.727. The van der Waals surface area contributed by atoms with E-state index in [-0.39, 0.29) is 5.91 Å². The van der Waals surface area contributed by atoms with E-state index in [0.717, 1.165) is 54.9 Å². The zero-order valence-electron chi connectivity index (χ0n) is 16.1. The van der Waals surface area contributed by atoms with Crippen LogP contribution in [0.5, 0.6) is 0 Å². The van der Waals surface area contributed by atoms with Gasteiger partial charge in [-0.15, -0.1) is 5.10 Å². The third-order valence-corrected chi connectivity index (χ3v) is 5.24. The lowest BCUT2D eigenvalue weighted by atomic mass is 10.0. The van der Waals surface area contributed by atoms with Crippen LogP contribution in [0.3, 0.4) is 0 Å². The number of hydrogen-bond acceptors (Lipinski definition) is 4. The van der Waals surface area contributed by atoms with E-state index in [1.54, 1.807) is 0 Å². The molecule has 6 nitrogen and oxygen atoms in total. The monoisotopic (exact) mass is 375 g/mol. The summed E-state index contributed by atoms with van der Waals surface area (Å²) in [6.07, 6.45) is 5.31. The third-order valence-electron chi connectivity index (χ3n) is 5.24. The zero-order chi connectivity index (χ0) is 19.3. The second-order valence-electron chi connectivity index (χ2n) is 7.27. The van der Waals surface area contributed by atoms with Gasteiger partial charge in [0.2, 0.25) is 0 Å². The van der Waals surface area contributed by atoms with E-state index in [2.05, 4.69) is 20.9 Å². The number of amides is 1. The van der Waals surface area contributed by atoms with E-state index < -0.39 is 0 Å². The fourth-order valence-electron chi connectivity index (χ4n) is 3.60. The van der Waals surface area contributed by atoms with Crippen LogP contribution in [0.15, 0.2) is 54.7 Å². The van der Waals surface area contributed by atoms with E-state index in [4.69, 9.17) is 0 Å². The highest BCUT2D eigenvalue weighted by Gasteiger charge is 2.17. The molecule has 1 saturated heterocycles. The molecule has 4 rings (SSSR count). The van der Waals surface area contributed by atoms with E-state index in [1.807, 2.05) is 66.3 Å². The highest BCUT2D eigenvalue weighted by Crippen LogP contribution is 2.24. The van der Waals surface area contributed by atoms with Crippen molar-refractivity contribution < 1.29 is 4.79 Å². The number of rotatable bonds is 4. The summed E-state index contributed by atoms with van der Waals surface area (Å²) in [7, 11) is 0. The number of aromatic nitrogens is 3. The van der Waals surface area contributed by atoms with Gasteiger partial charge in [0.1, 0.15) is 5.69 Å². The Balaban J connectivity index is 1.56. The number of para-hydroxylation sites is 1. The summed E-state index contributed by atoms with van der Waals surface area (Å²) >= 11 is 0. The highest BCUT2D eigenvalue weighted by atomic mass is 16.1. The van der Waals surface area contributed by atoms with Crippen molar-refractivity contribution in [3.63, 3.8) is 0 Å². The van der Waals surface area contributed by atoms with Gasteiger partial charge < -0.3 is 10.6 Å². The number of carbonyl (C=O) groups excluding carboxylic acids is 1. The second kappa shape index (κ2) is 8.35. The van der Waals surface area contributed by atoms with Crippen molar-refractivity contribution in [2.24, 2.45) is 0 Å². The number of aryl methyl sites for hydroxylation is 1.